The molecule has 0 radical (unpaired) electrons. The minimum Gasteiger partial charge on any atom is -0.459 e. The molecule has 0 aromatic carbocycles. The Labute approximate surface area is 26.0 Å². The fraction of sp³-hybridized carbons (Fsp3) is 0. The van der Waals surface area contributed by atoms with Crippen LogP contribution < -0.4 is 0 Å². The van der Waals surface area contributed by atoms with E-state index in [0.29, 0.717) is 0 Å². The molecule has 0 aliphatic carbocycles. The van der Waals surface area contributed by atoms with E-state index in [1.165, 1.54) is 0 Å². The molecule has 0 heterocycles. The van der Waals surface area contributed by atoms with Crippen LogP contribution in [0.25, 0.3) is 0 Å². The summed E-state index contributed by atoms with van der Waals surface area (Å²) in [4.78, 5) is 0. The topological polar surface area (TPSA) is 40.5 Å². The zero-order chi connectivity index (χ0) is 3.41. The molecule has 0 aliphatic rings. The van der Waals surface area contributed by atoms with Gasteiger partial charge in [-0.05, 0) is 0 Å². The SMILES string of the molecule is OBBO. The van der Waals surface area contributed by atoms with Crippen molar-refractivity contribution in [3.8, 4) is 0 Å². The second-order valence-electron chi connectivity index (χ2n) is 0.447. The van der Waals surface area contributed by atoms with Crippen molar-refractivity contribution in [2.24, 2.45) is 0 Å². The zero-order valence-corrected chi connectivity index (χ0v) is 2.31. The van der Waals surface area contributed by atoms with Crippen LogP contribution >= 0.6 is 0 Å². The van der Waals surface area contributed by atoms with Crippen LogP contribution in [-0.2, 0) is 0 Å². The molecule has 0 unspecified atom stereocenters. The molecule has 0 aliphatic heterocycles. The first kappa shape index (κ1) is 4.05. The third-order valence-electron chi connectivity index (χ3n) is 0.1000. The van der Waals surface area contributed by atoms with Crippen molar-refractivity contribution in [2.45, 2.75) is 0 Å². The molecule has 0 atom stereocenters. The summed E-state index contributed by atoms with van der Waals surface area (Å²) in [5.41, 5.74) is 0. The molecule has 22 valence electrons. The summed E-state index contributed by atoms with van der Waals surface area (Å²) in [7, 11) is -0.250. The van der Waals surface area contributed by atoms with Gasteiger partial charge < -0.3 is 10.0 Å². The summed E-state index contributed by atoms with van der Waals surface area (Å²) in [5.74, 6) is 0. The standard InChI is InChI=1S/B2H4O2/c3-1-2-4/h1-4H. The molecule has 0 rings (SSSR count). The van der Waals surface area contributed by atoms with Gasteiger partial charge in [0.1, 0.15) is 0 Å². The Hall–Kier alpha value is 0.0499. The first-order chi connectivity index (χ1) is 1.91. The molecule has 2 nitrogen and oxygen atoms in total. The average molecular weight is 57.7 g/mol. The quantitative estimate of drug-likeness (QED) is 0.329. The Kier molecular flexibility index (Phi) is 3.09. The molecule has 2 N–H and O–H groups in total. The highest BCUT2D eigenvalue weighted by molar-refractivity contribution is 6.92. The predicted molar refractivity (Wildman–Crippen MR) is 18.7 cm³/mol. The number of rotatable bonds is 1. The molecular weight excluding hydrogens is 53.6 g/mol. The lowest BCUT2D eigenvalue weighted by molar-refractivity contribution is 0.583. The molecule has 4 heavy (non-hydrogen) atoms. The molecule has 0 spiro atoms. The van der Waals surface area contributed by atoms with E-state index in [9.17, 15) is 0 Å². The average Bonchev–Trinajstić information content (AvgIpc) is 1.37. The molecule has 0 saturated heterocycles. The van der Waals surface area contributed by atoms with Crippen molar-refractivity contribution < 1.29 is 10.0 Å². The second kappa shape index (κ2) is 3.05. The molecule has 0 amide bonds. The fourth-order valence-electron chi connectivity index (χ4n) is 0. The van der Waals surface area contributed by atoms with Crippen LogP contribution in [0.1, 0.15) is 0 Å². The summed E-state index contributed by atoms with van der Waals surface area (Å²) in [5, 5.41) is 15.2. The Morgan fingerprint density at radius 2 is 1.25 bits per heavy atom. The van der Waals surface area contributed by atoms with E-state index in [0.717, 1.165) is 0 Å². The van der Waals surface area contributed by atoms with Crippen molar-refractivity contribution >= 4 is 14.7 Å². The zero-order valence-electron chi connectivity index (χ0n) is 2.31. The van der Waals surface area contributed by atoms with Gasteiger partial charge in [-0.15, -0.1) is 0 Å². The van der Waals surface area contributed by atoms with E-state index >= 15 is 0 Å². The van der Waals surface area contributed by atoms with Gasteiger partial charge in [0.2, 0.25) is 0 Å². The Morgan fingerprint density at radius 3 is 1.25 bits per heavy atom. The van der Waals surface area contributed by atoms with Crippen LogP contribution in [0.3, 0.4) is 0 Å². The van der Waals surface area contributed by atoms with Crippen LogP contribution in [0, 0.1) is 0 Å². The molecular formula is H4B2O2. The smallest absolute Gasteiger partial charge is 0.266 e. The van der Waals surface area contributed by atoms with Crippen LogP contribution in [0.4, 0.5) is 0 Å². The minimum atomic E-state index is -0.125. The Morgan fingerprint density at radius 1 is 1.00 bits per heavy atom. The molecule has 0 fully saturated rings. The highest BCUT2D eigenvalue weighted by Gasteiger charge is 1.72. The van der Waals surface area contributed by atoms with Gasteiger partial charge in [-0.2, -0.15) is 0 Å². The summed E-state index contributed by atoms with van der Waals surface area (Å²) < 4.78 is 0. The van der Waals surface area contributed by atoms with Crippen molar-refractivity contribution in [1.82, 2.24) is 0 Å². The molecule has 0 bridgehead atoms. The summed E-state index contributed by atoms with van der Waals surface area (Å²) in [6.07, 6.45) is 0. The lowest BCUT2D eigenvalue weighted by atomic mass is 9.65. The van der Waals surface area contributed by atoms with Crippen molar-refractivity contribution in [3.63, 3.8) is 0 Å². The van der Waals surface area contributed by atoms with Crippen molar-refractivity contribution in [2.75, 3.05) is 0 Å². The van der Waals surface area contributed by atoms with E-state index in [2.05, 4.69) is 0 Å². The van der Waals surface area contributed by atoms with E-state index in [1.54, 1.807) is 0 Å². The monoisotopic (exact) mass is 58.0 g/mol. The third kappa shape index (κ3) is 2.05. The maximum atomic E-state index is 7.62. The van der Waals surface area contributed by atoms with E-state index in [4.69, 9.17) is 10.0 Å². The Bertz CT molecular complexity index is 6.00. The highest BCUT2D eigenvalue weighted by atomic mass is 16.2. The van der Waals surface area contributed by atoms with Gasteiger partial charge in [-0.3, -0.25) is 0 Å². The fourth-order valence-corrected chi connectivity index (χ4v) is 0. The van der Waals surface area contributed by atoms with Gasteiger partial charge in [0.05, 0.1) is 0 Å². The predicted octanol–water partition coefficient (Wildman–Crippen LogP) is -2.41. The first-order valence-corrected chi connectivity index (χ1v) is 1.13. The lowest BCUT2D eigenvalue weighted by Crippen LogP contribution is -1.97. The highest BCUT2D eigenvalue weighted by Crippen LogP contribution is 1.26. The lowest BCUT2D eigenvalue weighted by Gasteiger charge is -1.61. The van der Waals surface area contributed by atoms with E-state index < -0.39 is 0 Å². The van der Waals surface area contributed by atoms with E-state index in [1.807, 2.05) is 0 Å². The maximum absolute atomic E-state index is 7.62. The van der Waals surface area contributed by atoms with Crippen molar-refractivity contribution in [1.29, 1.82) is 0 Å². The molecule has 0 aromatic rings. The van der Waals surface area contributed by atoms with Crippen LogP contribution in [0.5, 0.6) is 0 Å². The van der Waals surface area contributed by atoms with Gasteiger partial charge in [-0.1, -0.05) is 0 Å². The Balaban J connectivity index is 1.97. The van der Waals surface area contributed by atoms with Gasteiger partial charge in [0, 0.05) is 0 Å². The normalized spacial score (nSPS) is 5.50. The molecule has 4 heteroatoms. The van der Waals surface area contributed by atoms with Crippen molar-refractivity contribution in [3.05, 3.63) is 0 Å². The van der Waals surface area contributed by atoms with Crippen LogP contribution in [0.15, 0.2) is 0 Å². The van der Waals surface area contributed by atoms with Gasteiger partial charge >= 0.3 is 0 Å². The van der Waals surface area contributed by atoms with Gasteiger partial charge in [-0.25, -0.2) is 0 Å². The van der Waals surface area contributed by atoms with Gasteiger partial charge in [0.25, 0.3) is 14.7 Å². The summed E-state index contributed by atoms with van der Waals surface area (Å²) in [6.45, 7) is 0. The first-order valence-electron chi connectivity index (χ1n) is 1.13. The number of hydrogen-bond acceptors (Lipinski definition) is 2. The largest absolute Gasteiger partial charge is 0.459 e. The molecule has 0 saturated carbocycles. The van der Waals surface area contributed by atoms with Gasteiger partial charge in [0.15, 0.2) is 0 Å². The van der Waals surface area contributed by atoms with Crippen LogP contribution in [-0.4, -0.2) is 24.8 Å². The molecule has 0 aromatic heterocycles. The minimum absolute atomic E-state index is 0.125. The van der Waals surface area contributed by atoms with Crippen LogP contribution in [0.2, 0.25) is 0 Å². The second-order valence-corrected chi connectivity index (χ2v) is 0.447. The van der Waals surface area contributed by atoms with E-state index in [-0.39, 0.29) is 14.7 Å². The third-order valence-corrected chi connectivity index (χ3v) is 0.1000. The summed E-state index contributed by atoms with van der Waals surface area (Å²) in [6, 6.07) is 0. The number of hydrogen-bond donors (Lipinski definition) is 2. The maximum Gasteiger partial charge on any atom is 0.266 e. The summed E-state index contributed by atoms with van der Waals surface area (Å²) >= 11 is 0.